The molecule has 0 aliphatic rings. The number of aryl methyl sites for hydroxylation is 1. The number of imidazole rings is 1. The highest BCUT2D eigenvalue weighted by Gasteiger charge is 2.10. The molecule has 2 rings (SSSR count). The molecule has 0 aliphatic heterocycles. The highest BCUT2D eigenvalue weighted by Crippen LogP contribution is 2.21. The van der Waals surface area contributed by atoms with Crippen LogP contribution in [0.5, 0.6) is 0 Å². The van der Waals surface area contributed by atoms with Crippen LogP contribution in [-0.4, -0.2) is 30.6 Å². The summed E-state index contributed by atoms with van der Waals surface area (Å²) in [6.07, 6.45) is 6.81. The summed E-state index contributed by atoms with van der Waals surface area (Å²) in [5.74, 6) is -0.335. The summed E-state index contributed by atoms with van der Waals surface area (Å²) in [5, 5.41) is 8.74. The van der Waals surface area contributed by atoms with E-state index < -0.39 is 0 Å². The molecule has 0 saturated carbocycles. The fourth-order valence-electron chi connectivity index (χ4n) is 2.20. The molecule has 0 aromatic carbocycles. The highest BCUT2D eigenvalue weighted by atomic mass is 35.5. The first-order chi connectivity index (χ1) is 10.6. The smallest absolute Gasteiger partial charge is 0.243 e. The molecule has 2 aromatic heterocycles. The lowest BCUT2D eigenvalue weighted by Gasteiger charge is -2.04. The zero-order valence-corrected chi connectivity index (χ0v) is 13.4. The lowest BCUT2D eigenvalue weighted by molar-refractivity contribution is -0.129. The Hall–Kier alpha value is -1.44. The Bertz CT molecular complexity index is 647. The minimum Gasteiger partial charge on any atom is -0.315 e. The van der Waals surface area contributed by atoms with Crippen LogP contribution in [0.3, 0.4) is 0 Å². The van der Waals surface area contributed by atoms with Gasteiger partial charge >= 0.3 is 0 Å². The molecule has 0 fully saturated rings. The largest absolute Gasteiger partial charge is 0.315 e. The molecule has 2 N–H and O–H groups in total. The number of nitrogens with one attached hydrogen (secondary N) is 1. The maximum Gasteiger partial charge on any atom is 0.243 e. The van der Waals surface area contributed by atoms with Gasteiger partial charge in [-0.2, -0.15) is 4.98 Å². The van der Waals surface area contributed by atoms with Crippen LogP contribution in [0.4, 0.5) is 0 Å². The van der Waals surface area contributed by atoms with Crippen molar-refractivity contribution < 1.29 is 10.0 Å². The van der Waals surface area contributed by atoms with Crippen molar-refractivity contribution >= 4 is 40.3 Å². The molecule has 0 bridgehead atoms. The predicted octanol–water partition coefficient (Wildman–Crippen LogP) is 2.98. The van der Waals surface area contributed by atoms with Crippen LogP contribution in [0.15, 0.2) is 6.33 Å². The van der Waals surface area contributed by atoms with Crippen molar-refractivity contribution in [3.63, 3.8) is 0 Å². The Kier molecular flexibility index (Phi) is 6.35. The average Bonchev–Trinajstić information content (AvgIpc) is 2.89. The molecule has 0 radical (unpaired) electrons. The SMILES string of the molecule is O=C(CCCCCCCn1cnc2c(Cl)nc(Cl)nc21)NO. The zero-order valence-electron chi connectivity index (χ0n) is 11.9. The molecule has 2 aromatic rings. The van der Waals surface area contributed by atoms with Crippen LogP contribution >= 0.6 is 23.2 Å². The number of amides is 1. The van der Waals surface area contributed by atoms with Gasteiger partial charge in [-0.3, -0.25) is 10.0 Å². The topological polar surface area (TPSA) is 92.9 Å². The first-order valence-electron chi connectivity index (χ1n) is 7.08. The fourth-order valence-corrected chi connectivity index (χ4v) is 2.62. The van der Waals surface area contributed by atoms with Crippen molar-refractivity contribution in [3.05, 3.63) is 16.8 Å². The summed E-state index contributed by atoms with van der Waals surface area (Å²) in [6.45, 7) is 0.775. The molecule has 9 heteroatoms. The summed E-state index contributed by atoms with van der Waals surface area (Å²) in [4.78, 5) is 23.0. The van der Waals surface area contributed by atoms with E-state index in [-0.39, 0.29) is 16.3 Å². The second-order valence-corrected chi connectivity index (χ2v) is 5.64. The van der Waals surface area contributed by atoms with Crippen molar-refractivity contribution in [1.29, 1.82) is 0 Å². The van der Waals surface area contributed by atoms with Crippen LogP contribution in [0, 0.1) is 0 Å². The van der Waals surface area contributed by atoms with Gasteiger partial charge in [-0.1, -0.05) is 30.9 Å². The maximum atomic E-state index is 10.8. The second kappa shape index (κ2) is 8.26. The number of hydrogen-bond acceptors (Lipinski definition) is 5. The Morgan fingerprint density at radius 3 is 2.68 bits per heavy atom. The quantitative estimate of drug-likeness (QED) is 0.252. The molecule has 1 amide bonds. The van der Waals surface area contributed by atoms with Gasteiger partial charge in [0.05, 0.1) is 6.33 Å². The maximum absolute atomic E-state index is 10.8. The molecule has 120 valence electrons. The molecule has 22 heavy (non-hydrogen) atoms. The summed E-state index contributed by atoms with van der Waals surface area (Å²) in [6, 6.07) is 0. The number of hydroxylamine groups is 1. The standard InChI is InChI=1S/C13H17Cl2N5O2/c14-11-10-12(18-13(15)17-11)20(8-16-10)7-5-3-1-2-4-6-9(21)19-22/h8,22H,1-7H2,(H,19,21). The first-order valence-corrected chi connectivity index (χ1v) is 7.84. The number of halogens is 2. The van der Waals surface area contributed by atoms with Crippen LogP contribution in [0.2, 0.25) is 10.4 Å². The van der Waals surface area contributed by atoms with E-state index in [4.69, 9.17) is 28.4 Å². The number of nitrogens with zero attached hydrogens (tertiary/aromatic N) is 4. The van der Waals surface area contributed by atoms with E-state index in [2.05, 4.69) is 15.0 Å². The van der Waals surface area contributed by atoms with Gasteiger partial charge in [0.25, 0.3) is 0 Å². The number of fused-ring (bicyclic) bond motifs is 1. The average molecular weight is 346 g/mol. The van der Waals surface area contributed by atoms with Crippen molar-refractivity contribution in [1.82, 2.24) is 25.0 Å². The van der Waals surface area contributed by atoms with Gasteiger partial charge in [0.2, 0.25) is 11.2 Å². The van der Waals surface area contributed by atoms with E-state index in [0.29, 0.717) is 17.6 Å². The van der Waals surface area contributed by atoms with Crippen LogP contribution in [0.25, 0.3) is 11.2 Å². The Balaban J connectivity index is 1.75. The molecule has 0 aliphatic carbocycles. The third-order valence-electron chi connectivity index (χ3n) is 3.32. The molecule has 0 unspecified atom stereocenters. The number of unbranched alkanes of at least 4 members (excludes halogenated alkanes) is 4. The highest BCUT2D eigenvalue weighted by molar-refractivity contribution is 6.35. The molecule has 7 nitrogen and oxygen atoms in total. The van der Waals surface area contributed by atoms with E-state index in [9.17, 15) is 4.79 Å². The third kappa shape index (κ3) is 4.53. The second-order valence-electron chi connectivity index (χ2n) is 4.95. The van der Waals surface area contributed by atoms with Gasteiger partial charge in [0, 0.05) is 13.0 Å². The van der Waals surface area contributed by atoms with E-state index in [0.717, 1.165) is 38.6 Å². The minimum absolute atomic E-state index is 0.112. The number of rotatable bonds is 8. The Morgan fingerprint density at radius 1 is 1.18 bits per heavy atom. The number of hydrogen-bond donors (Lipinski definition) is 2. The van der Waals surface area contributed by atoms with Gasteiger partial charge in [-0.15, -0.1) is 0 Å². The van der Waals surface area contributed by atoms with E-state index in [1.807, 2.05) is 4.57 Å². The molecular formula is C13H17Cl2N5O2. The number of carbonyl (C=O) groups is 1. The number of carbonyl (C=O) groups excluding carboxylic acids is 1. The number of aromatic nitrogens is 4. The molecule has 0 atom stereocenters. The van der Waals surface area contributed by atoms with Crippen molar-refractivity contribution in [2.24, 2.45) is 0 Å². The first kappa shape index (κ1) is 16.9. The van der Waals surface area contributed by atoms with Gasteiger partial charge in [-0.05, 0) is 24.4 Å². The van der Waals surface area contributed by atoms with E-state index in [1.54, 1.807) is 11.8 Å². The van der Waals surface area contributed by atoms with Crippen LogP contribution < -0.4 is 5.48 Å². The van der Waals surface area contributed by atoms with E-state index in [1.165, 1.54) is 0 Å². The van der Waals surface area contributed by atoms with Crippen molar-refractivity contribution in [2.45, 2.75) is 45.1 Å². The molecular weight excluding hydrogens is 329 g/mol. The van der Waals surface area contributed by atoms with Gasteiger partial charge in [-0.25, -0.2) is 15.4 Å². The summed E-state index contributed by atoms with van der Waals surface area (Å²) in [7, 11) is 0. The lowest BCUT2D eigenvalue weighted by atomic mass is 10.1. The van der Waals surface area contributed by atoms with Crippen molar-refractivity contribution in [2.75, 3.05) is 0 Å². The molecule has 0 saturated heterocycles. The molecule has 0 spiro atoms. The summed E-state index contributed by atoms with van der Waals surface area (Å²) < 4.78 is 1.91. The minimum atomic E-state index is -0.335. The third-order valence-corrected chi connectivity index (χ3v) is 3.75. The fraction of sp³-hybridized carbons (Fsp3) is 0.538. The van der Waals surface area contributed by atoms with Gasteiger partial charge < -0.3 is 4.57 Å². The summed E-state index contributed by atoms with van der Waals surface area (Å²) >= 11 is 11.8. The summed E-state index contributed by atoms with van der Waals surface area (Å²) in [5.41, 5.74) is 2.83. The molecule has 2 heterocycles. The predicted molar refractivity (Wildman–Crippen MR) is 83.0 cm³/mol. The van der Waals surface area contributed by atoms with Gasteiger partial charge in [0.1, 0.15) is 5.52 Å². The normalized spacial score (nSPS) is 11.0. The lowest BCUT2D eigenvalue weighted by Crippen LogP contribution is -2.17. The van der Waals surface area contributed by atoms with Crippen LogP contribution in [-0.2, 0) is 11.3 Å². The zero-order chi connectivity index (χ0) is 15.9. The van der Waals surface area contributed by atoms with Crippen LogP contribution in [0.1, 0.15) is 38.5 Å². The van der Waals surface area contributed by atoms with Crippen molar-refractivity contribution in [3.8, 4) is 0 Å². The monoisotopic (exact) mass is 345 g/mol. The van der Waals surface area contributed by atoms with E-state index >= 15 is 0 Å². The Labute approximate surface area is 137 Å². The van der Waals surface area contributed by atoms with Gasteiger partial charge in [0.15, 0.2) is 10.8 Å². The Morgan fingerprint density at radius 2 is 1.91 bits per heavy atom.